The molecule has 2 N–H and O–H groups in total. The number of hydrogen-bond donors (Lipinski definition) is 2. The third-order valence-corrected chi connectivity index (χ3v) is 4.76. The second-order valence-corrected chi connectivity index (χ2v) is 6.44. The predicted molar refractivity (Wildman–Crippen MR) is 116 cm³/mol. The Balaban J connectivity index is 0.00000312. The van der Waals surface area contributed by atoms with E-state index < -0.39 is 0 Å². The van der Waals surface area contributed by atoms with Gasteiger partial charge < -0.3 is 15.4 Å². The Kier molecular flexibility index (Phi) is 10.2. The summed E-state index contributed by atoms with van der Waals surface area (Å²) >= 11 is 0. The third-order valence-electron chi connectivity index (χ3n) is 4.76. The van der Waals surface area contributed by atoms with Crippen molar-refractivity contribution in [2.24, 2.45) is 4.99 Å². The molecule has 1 heterocycles. The number of aliphatic imine (C=N–C) groups is 1. The second-order valence-electron chi connectivity index (χ2n) is 6.44. The van der Waals surface area contributed by atoms with Crippen molar-refractivity contribution >= 4 is 29.9 Å². The first-order chi connectivity index (χ1) is 11.7. The average molecular weight is 460 g/mol. The zero-order chi connectivity index (χ0) is 17.4. The molecule has 1 saturated heterocycles. The summed E-state index contributed by atoms with van der Waals surface area (Å²) in [7, 11) is 3.54. The van der Waals surface area contributed by atoms with Crippen molar-refractivity contribution in [3.05, 3.63) is 29.8 Å². The topological polar surface area (TPSA) is 48.9 Å². The summed E-state index contributed by atoms with van der Waals surface area (Å²) in [5.41, 5.74) is 1.32. The van der Waals surface area contributed by atoms with Crippen LogP contribution >= 0.6 is 24.0 Å². The number of methoxy groups -OCH3 is 1. The molecule has 5 nitrogen and oxygen atoms in total. The summed E-state index contributed by atoms with van der Waals surface area (Å²) in [5.74, 6) is 1.78. The fourth-order valence-electron chi connectivity index (χ4n) is 3.06. The molecule has 6 heteroatoms. The van der Waals surface area contributed by atoms with Crippen molar-refractivity contribution in [1.29, 1.82) is 0 Å². The minimum Gasteiger partial charge on any atom is -0.497 e. The van der Waals surface area contributed by atoms with Crippen LogP contribution in [0.1, 0.15) is 44.7 Å². The van der Waals surface area contributed by atoms with Crippen LogP contribution in [0.2, 0.25) is 0 Å². The van der Waals surface area contributed by atoms with Crippen molar-refractivity contribution in [2.75, 3.05) is 33.8 Å². The van der Waals surface area contributed by atoms with Crippen LogP contribution in [0.25, 0.3) is 0 Å². The van der Waals surface area contributed by atoms with Gasteiger partial charge in [-0.05, 0) is 57.0 Å². The molecular formula is C19H33IN4O. The molecule has 0 aromatic heterocycles. The highest BCUT2D eigenvalue weighted by atomic mass is 127. The molecule has 1 aromatic rings. The van der Waals surface area contributed by atoms with Gasteiger partial charge >= 0.3 is 0 Å². The van der Waals surface area contributed by atoms with Gasteiger partial charge in [-0.3, -0.25) is 9.89 Å². The van der Waals surface area contributed by atoms with E-state index in [4.69, 9.17) is 4.74 Å². The Labute approximate surface area is 169 Å². The minimum absolute atomic E-state index is 0. The fourth-order valence-corrected chi connectivity index (χ4v) is 3.06. The van der Waals surface area contributed by atoms with E-state index >= 15 is 0 Å². The van der Waals surface area contributed by atoms with Gasteiger partial charge in [0.2, 0.25) is 0 Å². The van der Waals surface area contributed by atoms with Crippen LogP contribution in [0, 0.1) is 0 Å². The number of guanidine groups is 1. The lowest BCUT2D eigenvalue weighted by molar-refractivity contribution is 0.245. The third kappa shape index (κ3) is 6.66. The molecule has 0 amide bonds. The number of ether oxygens (including phenoxy) is 1. The Morgan fingerprint density at radius 3 is 2.40 bits per heavy atom. The zero-order valence-electron chi connectivity index (χ0n) is 15.9. The van der Waals surface area contributed by atoms with Gasteiger partial charge in [-0.2, -0.15) is 0 Å². The first-order valence-corrected chi connectivity index (χ1v) is 9.03. The number of hydrogen-bond acceptors (Lipinski definition) is 3. The summed E-state index contributed by atoms with van der Waals surface area (Å²) in [6, 6.07) is 9.22. The lowest BCUT2D eigenvalue weighted by Gasteiger charge is -2.29. The standard InChI is InChI=1S/C19H32N4O.HI/c1-5-15(2)22-19(20-3)21-14-18(23-12-6-7-13-23)16-8-10-17(24-4)11-9-16;/h8-11,15,18H,5-7,12-14H2,1-4H3,(H2,20,21,22);1H. The van der Waals surface area contributed by atoms with Crippen LogP contribution < -0.4 is 15.4 Å². The predicted octanol–water partition coefficient (Wildman–Crippen LogP) is 3.41. The molecule has 1 aromatic carbocycles. The minimum atomic E-state index is 0. The van der Waals surface area contributed by atoms with Gasteiger partial charge in [-0.15, -0.1) is 24.0 Å². The fraction of sp³-hybridized carbons (Fsp3) is 0.632. The van der Waals surface area contributed by atoms with Crippen molar-refractivity contribution in [3.63, 3.8) is 0 Å². The number of likely N-dealkylation sites (tertiary alicyclic amines) is 1. The second kappa shape index (κ2) is 11.6. The van der Waals surface area contributed by atoms with Crippen LogP contribution in [0.3, 0.4) is 0 Å². The van der Waals surface area contributed by atoms with Gasteiger partial charge in [0.25, 0.3) is 0 Å². The Hall–Kier alpha value is -1.02. The number of nitrogens with zero attached hydrogens (tertiary/aromatic N) is 2. The summed E-state index contributed by atoms with van der Waals surface area (Å²) in [4.78, 5) is 6.91. The Morgan fingerprint density at radius 1 is 1.24 bits per heavy atom. The molecule has 2 unspecified atom stereocenters. The maximum absolute atomic E-state index is 5.29. The monoisotopic (exact) mass is 460 g/mol. The van der Waals surface area contributed by atoms with Gasteiger partial charge in [0, 0.05) is 19.6 Å². The Bertz CT molecular complexity index is 515. The quantitative estimate of drug-likeness (QED) is 0.372. The molecule has 2 atom stereocenters. The van der Waals surface area contributed by atoms with E-state index in [2.05, 4.69) is 46.5 Å². The van der Waals surface area contributed by atoms with E-state index in [1.54, 1.807) is 7.11 Å². The molecular weight excluding hydrogens is 427 g/mol. The maximum atomic E-state index is 5.29. The van der Waals surface area contributed by atoms with Crippen molar-refractivity contribution in [1.82, 2.24) is 15.5 Å². The van der Waals surface area contributed by atoms with Gasteiger partial charge in [-0.1, -0.05) is 19.1 Å². The van der Waals surface area contributed by atoms with Crippen LogP contribution in [-0.4, -0.2) is 50.7 Å². The SMILES string of the molecule is CCC(C)NC(=NC)NCC(c1ccc(OC)cc1)N1CCCC1.I. The molecule has 0 spiro atoms. The Morgan fingerprint density at radius 2 is 1.88 bits per heavy atom. The highest BCUT2D eigenvalue weighted by Gasteiger charge is 2.23. The van der Waals surface area contributed by atoms with Gasteiger partial charge in [0.05, 0.1) is 13.2 Å². The van der Waals surface area contributed by atoms with Gasteiger partial charge in [0.15, 0.2) is 5.96 Å². The average Bonchev–Trinajstić information content (AvgIpc) is 3.15. The largest absolute Gasteiger partial charge is 0.497 e. The van der Waals surface area contributed by atoms with E-state index in [-0.39, 0.29) is 24.0 Å². The number of benzene rings is 1. The van der Waals surface area contributed by atoms with E-state index in [0.717, 1.165) is 37.8 Å². The number of nitrogens with one attached hydrogen (secondary N) is 2. The molecule has 142 valence electrons. The molecule has 0 bridgehead atoms. The van der Waals surface area contributed by atoms with Gasteiger partial charge in [0.1, 0.15) is 5.75 Å². The highest BCUT2D eigenvalue weighted by molar-refractivity contribution is 14.0. The summed E-state index contributed by atoms with van der Waals surface area (Å²) in [6.45, 7) is 7.53. The molecule has 1 aliphatic rings. The van der Waals surface area contributed by atoms with E-state index in [1.165, 1.54) is 18.4 Å². The molecule has 0 radical (unpaired) electrons. The molecule has 1 aliphatic heterocycles. The van der Waals surface area contributed by atoms with Crippen LogP contribution in [-0.2, 0) is 0 Å². The molecule has 0 saturated carbocycles. The van der Waals surface area contributed by atoms with E-state index in [9.17, 15) is 0 Å². The molecule has 1 fully saturated rings. The van der Waals surface area contributed by atoms with Crippen molar-refractivity contribution in [3.8, 4) is 5.75 Å². The molecule has 0 aliphatic carbocycles. The normalized spacial score (nSPS) is 17.5. The maximum Gasteiger partial charge on any atom is 0.191 e. The zero-order valence-corrected chi connectivity index (χ0v) is 18.2. The first kappa shape index (κ1) is 22.0. The molecule has 25 heavy (non-hydrogen) atoms. The number of halogens is 1. The highest BCUT2D eigenvalue weighted by Crippen LogP contribution is 2.26. The molecule has 2 rings (SSSR count). The van der Waals surface area contributed by atoms with Crippen molar-refractivity contribution < 1.29 is 4.74 Å². The van der Waals surface area contributed by atoms with Crippen LogP contribution in [0.5, 0.6) is 5.75 Å². The summed E-state index contributed by atoms with van der Waals surface area (Å²) in [6.07, 6.45) is 3.65. The smallest absolute Gasteiger partial charge is 0.191 e. The lowest BCUT2D eigenvalue weighted by Crippen LogP contribution is -2.45. The van der Waals surface area contributed by atoms with Crippen molar-refractivity contribution in [2.45, 2.75) is 45.2 Å². The summed E-state index contributed by atoms with van der Waals surface area (Å²) < 4.78 is 5.29. The first-order valence-electron chi connectivity index (χ1n) is 9.03. The van der Waals surface area contributed by atoms with Crippen LogP contribution in [0.15, 0.2) is 29.3 Å². The van der Waals surface area contributed by atoms with E-state index in [0.29, 0.717) is 12.1 Å². The summed E-state index contributed by atoms with van der Waals surface area (Å²) in [5, 5.41) is 6.94. The number of rotatable bonds is 7. The lowest BCUT2D eigenvalue weighted by atomic mass is 10.1. The van der Waals surface area contributed by atoms with Gasteiger partial charge in [-0.25, -0.2) is 0 Å². The van der Waals surface area contributed by atoms with Crippen LogP contribution in [0.4, 0.5) is 0 Å². The van der Waals surface area contributed by atoms with E-state index in [1.807, 2.05) is 19.2 Å².